The van der Waals surface area contributed by atoms with Crippen LogP contribution in [0, 0.1) is 0 Å². The first-order chi connectivity index (χ1) is 8.06. The quantitative estimate of drug-likeness (QED) is 0.787. The topological polar surface area (TPSA) is 26.0 Å². The van der Waals surface area contributed by atoms with Crippen LogP contribution in [0.25, 0.3) is 0 Å². The third kappa shape index (κ3) is 3.06. The fourth-order valence-corrected chi connectivity index (χ4v) is 2.19. The van der Waals surface area contributed by atoms with Crippen molar-refractivity contribution in [1.82, 2.24) is 0 Å². The van der Waals surface area contributed by atoms with Crippen LogP contribution in [-0.2, 0) is 6.42 Å². The molecule has 0 aromatic heterocycles. The first-order valence-corrected chi connectivity index (χ1v) is 6.17. The average molecular weight is 287 g/mol. The number of nitrogen functional groups attached to an aromatic ring is 1. The number of benzene rings is 2. The maximum Gasteiger partial charge on any atom is 0.0442 e. The van der Waals surface area contributed by atoms with E-state index in [1.165, 1.54) is 0 Å². The van der Waals surface area contributed by atoms with Crippen molar-refractivity contribution in [3.63, 3.8) is 0 Å². The molecule has 2 N–H and O–H groups in total. The Hall–Kier alpha value is -0.890. The maximum atomic E-state index is 6.11. The summed E-state index contributed by atoms with van der Waals surface area (Å²) >= 11 is 18.0. The van der Waals surface area contributed by atoms with Gasteiger partial charge in [0.25, 0.3) is 0 Å². The van der Waals surface area contributed by atoms with Crippen LogP contribution >= 0.6 is 34.8 Å². The molecule has 0 aliphatic carbocycles. The number of hydrogen-bond donors (Lipinski definition) is 1. The van der Waals surface area contributed by atoms with Crippen molar-refractivity contribution in [2.45, 2.75) is 6.42 Å². The Morgan fingerprint density at radius 3 is 2.12 bits per heavy atom. The second-order valence-electron chi connectivity index (χ2n) is 3.76. The zero-order chi connectivity index (χ0) is 12.4. The number of hydrogen-bond acceptors (Lipinski definition) is 1. The predicted octanol–water partition coefficient (Wildman–Crippen LogP) is 4.82. The van der Waals surface area contributed by atoms with E-state index >= 15 is 0 Å². The minimum absolute atomic E-state index is 0.617. The van der Waals surface area contributed by atoms with Gasteiger partial charge in [0.05, 0.1) is 0 Å². The first-order valence-electron chi connectivity index (χ1n) is 5.04. The summed E-state index contributed by atoms with van der Waals surface area (Å²) in [6.07, 6.45) is 0.617. The highest BCUT2D eigenvalue weighted by molar-refractivity contribution is 6.33. The van der Waals surface area contributed by atoms with Gasteiger partial charge in [0.1, 0.15) is 0 Å². The van der Waals surface area contributed by atoms with E-state index in [4.69, 9.17) is 40.5 Å². The fourth-order valence-electron chi connectivity index (χ4n) is 1.61. The highest BCUT2D eigenvalue weighted by Crippen LogP contribution is 2.26. The third-order valence-corrected chi connectivity index (χ3v) is 3.33. The van der Waals surface area contributed by atoms with Gasteiger partial charge in [0, 0.05) is 27.2 Å². The second kappa shape index (κ2) is 5.18. The number of anilines is 1. The Kier molecular flexibility index (Phi) is 3.82. The minimum Gasteiger partial charge on any atom is -0.398 e. The van der Waals surface area contributed by atoms with E-state index in [1.807, 2.05) is 12.1 Å². The molecule has 0 saturated heterocycles. The van der Waals surface area contributed by atoms with E-state index in [0.29, 0.717) is 27.2 Å². The van der Waals surface area contributed by atoms with Crippen molar-refractivity contribution in [3.05, 3.63) is 62.6 Å². The Balaban J connectivity index is 2.37. The van der Waals surface area contributed by atoms with Gasteiger partial charge in [-0.2, -0.15) is 0 Å². The van der Waals surface area contributed by atoms with E-state index in [9.17, 15) is 0 Å². The highest BCUT2D eigenvalue weighted by atomic mass is 35.5. The largest absolute Gasteiger partial charge is 0.398 e. The molecule has 2 aromatic carbocycles. The van der Waals surface area contributed by atoms with E-state index < -0.39 is 0 Å². The molecule has 88 valence electrons. The van der Waals surface area contributed by atoms with E-state index in [0.717, 1.165) is 11.1 Å². The zero-order valence-corrected chi connectivity index (χ0v) is 11.2. The molecule has 0 radical (unpaired) electrons. The van der Waals surface area contributed by atoms with Gasteiger partial charge < -0.3 is 5.73 Å². The van der Waals surface area contributed by atoms with Gasteiger partial charge in [-0.15, -0.1) is 0 Å². The van der Waals surface area contributed by atoms with Crippen molar-refractivity contribution in [2.24, 2.45) is 0 Å². The molecule has 4 heteroatoms. The van der Waals surface area contributed by atoms with Crippen LogP contribution in [0.2, 0.25) is 15.1 Å². The summed E-state index contributed by atoms with van der Waals surface area (Å²) < 4.78 is 0. The average Bonchev–Trinajstić information content (AvgIpc) is 2.28. The summed E-state index contributed by atoms with van der Waals surface area (Å²) in [5.41, 5.74) is 8.47. The molecule has 0 unspecified atom stereocenters. The standard InChI is InChI=1S/C13H10Cl3N/c14-10-1-3-12(16)8(6-10)5-9-7-11(15)2-4-13(9)17/h1-4,6-7H,5,17H2. The van der Waals surface area contributed by atoms with E-state index in [1.54, 1.807) is 24.3 Å². The molecular formula is C13H10Cl3N. The van der Waals surface area contributed by atoms with Gasteiger partial charge in [0.15, 0.2) is 0 Å². The molecule has 0 fully saturated rings. The van der Waals surface area contributed by atoms with Gasteiger partial charge >= 0.3 is 0 Å². The fraction of sp³-hybridized carbons (Fsp3) is 0.0769. The summed E-state index contributed by atoms with van der Waals surface area (Å²) in [5.74, 6) is 0. The Bertz CT molecular complexity index is 503. The van der Waals surface area contributed by atoms with Gasteiger partial charge in [-0.25, -0.2) is 0 Å². The van der Waals surface area contributed by atoms with Crippen LogP contribution in [0.4, 0.5) is 5.69 Å². The lowest BCUT2D eigenvalue weighted by Gasteiger charge is -2.08. The summed E-state index contributed by atoms with van der Waals surface area (Å²) in [7, 11) is 0. The molecule has 17 heavy (non-hydrogen) atoms. The van der Waals surface area contributed by atoms with Crippen molar-refractivity contribution in [2.75, 3.05) is 5.73 Å². The lowest BCUT2D eigenvalue weighted by Crippen LogP contribution is -1.96. The third-order valence-electron chi connectivity index (χ3n) is 2.49. The minimum atomic E-state index is 0.617. The number of rotatable bonds is 2. The van der Waals surface area contributed by atoms with Crippen LogP contribution in [0.3, 0.4) is 0 Å². The van der Waals surface area contributed by atoms with E-state index in [-0.39, 0.29) is 0 Å². The van der Waals surface area contributed by atoms with Crippen LogP contribution in [0.1, 0.15) is 11.1 Å². The SMILES string of the molecule is Nc1ccc(Cl)cc1Cc1cc(Cl)ccc1Cl. The Morgan fingerprint density at radius 2 is 1.41 bits per heavy atom. The molecular weight excluding hydrogens is 277 g/mol. The van der Waals surface area contributed by atoms with Gasteiger partial charge in [0.2, 0.25) is 0 Å². The van der Waals surface area contributed by atoms with Crippen LogP contribution < -0.4 is 5.73 Å². The molecule has 2 aromatic rings. The molecule has 0 aliphatic heterocycles. The zero-order valence-electron chi connectivity index (χ0n) is 8.88. The smallest absolute Gasteiger partial charge is 0.0442 e. The van der Waals surface area contributed by atoms with Crippen molar-refractivity contribution < 1.29 is 0 Å². The monoisotopic (exact) mass is 285 g/mol. The van der Waals surface area contributed by atoms with Crippen LogP contribution in [-0.4, -0.2) is 0 Å². The normalized spacial score (nSPS) is 10.5. The van der Waals surface area contributed by atoms with Crippen molar-refractivity contribution in [3.8, 4) is 0 Å². The van der Waals surface area contributed by atoms with Crippen LogP contribution in [0.5, 0.6) is 0 Å². The summed E-state index contributed by atoms with van der Waals surface area (Å²) in [6, 6.07) is 10.8. The molecule has 0 bridgehead atoms. The first kappa shape index (κ1) is 12.6. The summed E-state index contributed by atoms with van der Waals surface area (Å²) in [6.45, 7) is 0. The van der Waals surface area contributed by atoms with Crippen LogP contribution in [0.15, 0.2) is 36.4 Å². The molecule has 0 aliphatic rings. The Morgan fingerprint density at radius 1 is 0.824 bits per heavy atom. The molecule has 0 spiro atoms. The molecule has 2 rings (SSSR count). The maximum absolute atomic E-state index is 6.11. The lowest BCUT2D eigenvalue weighted by molar-refractivity contribution is 1.20. The predicted molar refractivity (Wildman–Crippen MR) is 75.1 cm³/mol. The van der Waals surface area contributed by atoms with E-state index in [2.05, 4.69) is 0 Å². The van der Waals surface area contributed by atoms with Gasteiger partial charge in [-0.1, -0.05) is 34.8 Å². The number of nitrogens with two attached hydrogens (primary N) is 1. The number of halogens is 3. The summed E-state index contributed by atoms with van der Waals surface area (Å²) in [5, 5.41) is 1.99. The summed E-state index contributed by atoms with van der Waals surface area (Å²) in [4.78, 5) is 0. The molecule has 1 nitrogen and oxygen atoms in total. The molecule has 0 saturated carbocycles. The second-order valence-corrected chi connectivity index (χ2v) is 5.04. The molecule has 0 atom stereocenters. The molecule has 0 amide bonds. The lowest BCUT2D eigenvalue weighted by atomic mass is 10.0. The highest BCUT2D eigenvalue weighted by Gasteiger charge is 2.06. The molecule has 0 heterocycles. The Labute approximate surface area is 115 Å². The van der Waals surface area contributed by atoms with Gasteiger partial charge in [-0.05, 0) is 47.5 Å². The van der Waals surface area contributed by atoms with Gasteiger partial charge in [-0.3, -0.25) is 0 Å². The van der Waals surface area contributed by atoms with Crippen molar-refractivity contribution >= 4 is 40.5 Å². The van der Waals surface area contributed by atoms with Crippen molar-refractivity contribution in [1.29, 1.82) is 0 Å².